The molecule has 2 aromatic rings. The van der Waals surface area contributed by atoms with E-state index in [9.17, 15) is 4.79 Å². The largest absolute Gasteiger partial charge is 0.398 e. The molecule has 0 radical (unpaired) electrons. The van der Waals surface area contributed by atoms with E-state index >= 15 is 0 Å². The highest BCUT2D eigenvalue weighted by molar-refractivity contribution is 6.33. The van der Waals surface area contributed by atoms with E-state index in [0.29, 0.717) is 10.7 Å². The summed E-state index contributed by atoms with van der Waals surface area (Å²) in [7, 11) is 0. The quantitative estimate of drug-likeness (QED) is 0.675. The number of nitrogens with two attached hydrogens (primary N) is 1. The summed E-state index contributed by atoms with van der Waals surface area (Å²) >= 11 is 5.90. The van der Waals surface area contributed by atoms with Gasteiger partial charge >= 0.3 is 0 Å². The Hall–Kier alpha value is -2.26. The Bertz CT molecular complexity index is 740. The minimum atomic E-state index is -0.0133. The van der Waals surface area contributed by atoms with Crippen molar-refractivity contribution in [1.82, 2.24) is 0 Å². The van der Waals surface area contributed by atoms with Gasteiger partial charge in [-0.2, -0.15) is 0 Å². The van der Waals surface area contributed by atoms with Gasteiger partial charge in [0.25, 0.3) is 5.91 Å². The number of hydrogen-bond donors (Lipinski definition) is 1. The number of benzene rings is 2. The fourth-order valence-electron chi connectivity index (χ4n) is 2.69. The summed E-state index contributed by atoms with van der Waals surface area (Å²) in [5.41, 5.74) is 9.39. The third kappa shape index (κ3) is 3.00. The maximum Gasteiger partial charge on any atom is 0.250 e. The lowest BCUT2D eigenvalue weighted by atomic mass is 10.0. The van der Waals surface area contributed by atoms with Crippen LogP contribution in [0.5, 0.6) is 0 Å². The topological polar surface area (TPSA) is 46.3 Å². The van der Waals surface area contributed by atoms with Gasteiger partial charge in [-0.25, -0.2) is 0 Å². The first-order valence-corrected chi connectivity index (χ1v) is 7.65. The van der Waals surface area contributed by atoms with Crippen molar-refractivity contribution < 1.29 is 4.79 Å². The lowest BCUT2D eigenvalue weighted by molar-refractivity contribution is -0.114. The minimum absolute atomic E-state index is 0.0133. The number of amides is 1. The summed E-state index contributed by atoms with van der Waals surface area (Å²) in [5.74, 6) is -0.0133. The van der Waals surface area contributed by atoms with Crippen molar-refractivity contribution in [3.8, 4) is 0 Å². The predicted octanol–water partition coefficient (Wildman–Crippen LogP) is 3.91. The molecule has 0 bridgehead atoms. The van der Waals surface area contributed by atoms with Crippen LogP contribution < -0.4 is 10.6 Å². The van der Waals surface area contributed by atoms with Crippen LogP contribution in [0.25, 0.3) is 6.08 Å². The monoisotopic (exact) mass is 312 g/mol. The van der Waals surface area contributed by atoms with Gasteiger partial charge in [-0.1, -0.05) is 35.9 Å². The molecule has 0 saturated heterocycles. The van der Waals surface area contributed by atoms with Crippen LogP contribution in [-0.4, -0.2) is 12.5 Å². The van der Waals surface area contributed by atoms with Gasteiger partial charge in [-0.05, 0) is 48.2 Å². The maximum atomic E-state index is 12.5. The van der Waals surface area contributed by atoms with Crippen molar-refractivity contribution in [3.63, 3.8) is 0 Å². The van der Waals surface area contributed by atoms with Gasteiger partial charge in [0.2, 0.25) is 0 Å². The highest BCUT2D eigenvalue weighted by atomic mass is 35.5. The van der Waals surface area contributed by atoms with Crippen molar-refractivity contribution >= 4 is 35.0 Å². The van der Waals surface area contributed by atoms with E-state index in [1.807, 2.05) is 29.2 Å². The molecule has 0 aromatic heterocycles. The molecule has 0 saturated carbocycles. The van der Waals surface area contributed by atoms with Crippen LogP contribution in [-0.2, 0) is 11.2 Å². The fourth-order valence-corrected chi connectivity index (χ4v) is 2.80. The molecule has 4 heteroatoms. The molecule has 2 N–H and O–H groups in total. The Labute approximate surface area is 135 Å². The van der Waals surface area contributed by atoms with Gasteiger partial charge in [0.15, 0.2) is 0 Å². The number of carbonyl (C=O) groups excluding carboxylic acids is 1. The first-order chi connectivity index (χ1) is 10.6. The second-order valence-corrected chi connectivity index (χ2v) is 5.74. The standard InChI is InChI=1S/C18H17ClN2O/c19-15-9-7-13(12-16(15)20)8-10-18(22)21-11-3-5-14-4-1-2-6-17(14)21/h1-2,4,6-10,12H,3,5,11,20H2/b10-8+. The van der Waals surface area contributed by atoms with Crippen LogP contribution in [0.3, 0.4) is 0 Å². The molecule has 0 spiro atoms. The van der Waals surface area contributed by atoms with E-state index in [0.717, 1.165) is 30.6 Å². The molecule has 0 atom stereocenters. The normalized spacial score (nSPS) is 14.1. The molecule has 3 rings (SSSR count). The van der Waals surface area contributed by atoms with Crippen LogP contribution in [0, 0.1) is 0 Å². The minimum Gasteiger partial charge on any atom is -0.398 e. The summed E-state index contributed by atoms with van der Waals surface area (Å²) in [6.07, 6.45) is 5.37. The summed E-state index contributed by atoms with van der Waals surface area (Å²) in [6, 6.07) is 13.4. The second kappa shape index (κ2) is 6.24. The number of nitrogen functional groups attached to an aromatic ring is 1. The molecule has 3 nitrogen and oxygen atoms in total. The number of halogens is 1. The number of rotatable bonds is 2. The fraction of sp³-hybridized carbons (Fsp3) is 0.167. The summed E-state index contributed by atoms with van der Waals surface area (Å²) in [6.45, 7) is 0.753. The van der Waals surface area contributed by atoms with E-state index < -0.39 is 0 Å². The van der Waals surface area contributed by atoms with Gasteiger partial charge < -0.3 is 10.6 Å². The number of nitrogens with zero attached hydrogens (tertiary/aromatic N) is 1. The predicted molar refractivity (Wildman–Crippen MR) is 92.0 cm³/mol. The Morgan fingerprint density at radius 1 is 1.23 bits per heavy atom. The molecule has 1 aliphatic heterocycles. The van der Waals surface area contributed by atoms with Crippen LogP contribution >= 0.6 is 11.6 Å². The molecule has 22 heavy (non-hydrogen) atoms. The third-order valence-electron chi connectivity index (χ3n) is 3.81. The molecular weight excluding hydrogens is 296 g/mol. The zero-order valence-electron chi connectivity index (χ0n) is 12.1. The van der Waals surface area contributed by atoms with Crippen LogP contribution in [0.15, 0.2) is 48.5 Å². The first-order valence-electron chi connectivity index (χ1n) is 7.27. The molecule has 0 unspecified atom stereocenters. The average Bonchev–Trinajstić information content (AvgIpc) is 2.55. The van der Waals surface area contributed by atoms with Gasteiger partial charge in [0.1, 0.15) is 0 Å². The van der Waals surface area contributed by atoms with E-state index in [2.05, 4.69) is 6.07 Å². The van der Waals surface area contributed by atoms with Crippen molar-refractivity contribution in [1.29, 1.82) is 0 Å². The highest BCUT2D eigenvalue weighted by Gasteiger charge is 2.20. The lowest BCUT2D eigenvalue weighted by Gasteiger charge is -2.28. The Morgan fingerprint density at radius 3 is 2.86 bits per heavy atom. The van der Waals surface area contributed by atoms with Gasteiger partial charge in [0, 0.05) is 18.3 Å². The molecule has 2 aromatic carbocycles. The summed E-state index contributed by atoms with van der Waals surface area (Å²) in [4.78, 5) is 14.3. The van der Waals surface area contributed by atoms with Crippen LogP contribution in [0.1, 0.15) is 17.5 Å². The Balaban J connectivity index is 1.80. The number of anilines is 2. The van der Waals surface area contributed by atoms with Crippen molar-refractivity contribution in [2.24, 2.45) is 0 Å². The molecule has 112 valence electrons. The van der Waals surface area contributed by atoms with E-state index in [1.165, 1.54) is 5.56 Å². The van der Waals surface area contributed by atoms with Crippen molar-refractivity contribution in [2.75, 3.05) is 17.2 Å². The van der Waals surface area contributed by atoms with Crippen LogP contribution in [0.2, 0.25) is 5.02 Å². The van der Waals surface area contributed by atoms with Crippen LogP contribution in [0.4, 0.5) is 11.4 Å². The zero-order valence-corrected chi connectivity index (χ0v) is 12.9. The Kier molecular flexibility index (Phi) is 4.16. The number of aryl methyl sites for hydroxylation is 1. The third-order valence-corrected chi connectivity index (χ3v) is 4.16. The average molecular weight is 313 g/mol. The molecular formula is C18H17ClN2O. The SMILES string of the molecule is Nc1cc(/C=C/C(=O)N2CCCc3ccccc32)ccc1Cl. The number of hydrogen-bond acceptors (Lipinski definition) is 2. The van der Waals surface area contributed by atoms with Crippen molar-refractivity contribution in [3.05, 3.63) is 64.7 Å². The molecule has 1 heterocycles. The van der Waals surface area contributed by atoms with E-state index in [-0.39, 0.29) is 5.91 Å². The van der Waals surface area contributed by atoms with Gasteiger partial charge in [-0.3, -0.25) is 4.79 Å². The molecule has 0 aliphatic carbocycles. The number of carbonyl (C=O) groups is 1. The van der Waals surface area contributed by atoms with Gasteiger partial charge in [-0.15, -0.1) is 0 Å². The summed E-state index contributed by atoms with van der Waals surface area (Å²) in [5, 5.41) is 0.522. The lowest BCUT2D eigenvalue weighted by Crippen LogP contribution is -2.34. The smallest absolute Gasteiger partial charge is 0.250 e. The first kappa shape index (κ1) is 14.7. The molecule has 1 aliphatic rings. The highest BCUT2D eigenvalue weighted by Crippen LogP contribution is 2.27. The number of para-hydroxylation sites is 1. The van der Waals surface area contributed by atoms with Gasteiger partial charge in [0.05, 0.1) is 10.7 Å². The van der Waals surface area contributed by atoms with E-state index in [4.69, 9.17) is 17.3 Å². The molecule has 0 fully saturated rings. The maximum absolute atomic E-state index is 12.5. The molecule has 1 amide bonds. The Morgan fingerprint density at radius 2 is 2.05 bits per heavy atom. The zero-order chi connectivity index (χ0) is 15.5. The summed E-state index contributed by atoms with van der Waals surface area (Å²) < 4.78 is 0. The second-order valence-electron chi connectivity index (χ2n) is 5.34. The van der Waals surface area contributed by atoms with Crippen molar-refractivity contribution in [2.45, 2.75) is 12.8 Å². The van der Waals surface area contributed by atoms with E-state index in [1.54, 1.807) is 24.3 Å². The number of fused-ring (bicyclic) bond motifs is 1.